The molecule has 0 bridgehead atoms. The molecule has 0 radical (unpaired) electrons. The van der Waals surface area contributed by atoms with Gasteiger partial charge in [0, 0.05) is 23.5 Å². The molecule has 0 N–H and O–H groups in total. The zero-order valence-electron chi connectivity index (χ0n) is 11.8. The van der Waals surface area contributed by atoms with Crippen molar-refractivity contribution in [3.8, 4) is 0 Å². The first-order chi connectivity index (χ1) is 9.59. The molecule has 1 aliphatic rings. The Hall–Kier alpha value is -1.84. The van der Waals surface area contributed by atoms with Crippen LogP contribution in [0.5, 0.6) is 0 Å². The van der Waals surface area contributed by atoms with Gasteiger partial charge in [0.1, 0.15) is 0 Å². The fraction of sp³-hybridized carbons (Fsp3) is 0.438. The van der Waals surface area contributed by atoms with E-state index in [2.05, 4.69) is 6.92 Å². The summed E-state index contributed by atoms with van der Waals surface area (Å²) in [6.07, 6.45) is 3.18. The topological polar surface area (TPSA) is 33.5 Å². The molecular weight excluding hydrogens is 257 g/mol. The fourth-order valence-electron chi connectivity index (χ4n) is 2.94. The minimum Gasteiger partial charge on any atom is -0.448 e. The van der Waals surface area contributed by atoms with Gasteiger partial charge in [-0.2, -0.15) is 0 Å². The Morgan fingerprint density at radius 1 is 1.40 bits per heavy atom. The molecule has 1 aromatic heterocycles. The summed E-state index contributed by atoms with van der Waals surface area (Å²) in [4.78, 5) is 14.5. The first-order valence-corrected chi connectivity index (χ1v) is 7.08. The van der Waals surface area contributed by atoms with E-state index in [1.807, 2.05) is 11.8 Å². The van der Waals surface area contributed by atoms with Gasteiger partial charge < -0.3 is 9.32 Å². The van der Waals surface area contributed by atoms with Crippen LogP contribution in [0, 0.1) is 12.7 Å². The molecule has 3 nitrogen and oxygen atoms in total. The van der Waals surface area contributed by atoms with Crippen molar-refractivity contribution >= 4 is 16.9 Å². The number of likely N-dealkylation sites (tertiary alicyclic amines) is 1. The van der Waals surface area contributed by atoms with Crippen LogP contribution >= 0.6 is 0 Å². The largest absolute Gasteiger partial charge is 0.448 e. The Morgan fingerprint density at radius 3 is 2.90 bits per heavy atom. The summed E-state index contributed by atoms with van der Waals surface area (Å²) in [6.45, 7) is 4.61. The lowest BCUT2D eigenvalue weighted by atomic mass is 10.0. The van der Waals surface area contributed by atoms with Crippen LogP contribution in [0.25, 0.3) is 11.0 Å². The van der Waals surface area contributed by atoms with E-state index in [0.717, 1.165) is 31.4 Å². The highest BCUT2D eigenvalue weighted by molar-refractivity contribution is 5.99. The van der Waals surface area contributed by atoms with Crippen molar-refractivity contribution in [2.45, 2.75) is 39.2 Å². The van der Waals surface area contributed by atoms with Crippen molar-refractivity contribution in [1.82, 2.24) is 4.90 Å². The number of halogens is 1. The first kappa shape index (κ1) is 13.2. The van der Waals surface area contributed by atoms with E-state index in [0.29, 0.717) is 5.39 Å². The summed E-state index contributed by atoms with van der Waals surface area (Å²) in [5, 5.41) is 0.679. The first-order valence-electron chi connectivity index (χ1n) is 7.08. The molecule has 2 heterocycles. The normalized spacial score (nSPS) is 19.6. The van der Waals surface area contributed by atoms with Gasteiger partial charge in [-0.3, -0.25) is 4.79 Å². The molecule has 0 unspecified atom stereocenters. The maximum absolute atomic E-state index is 13.7. The van der Waals surface area contributed by atoms with Gasteiger partial charge in [0.15, 0.2) is 17.2 Å². The number of hydrogen-bond acceptors (Lipinski definition) is 2. The Morgan fingerprint density at radius 2 is 2.20 bits per heavy atom. The van der Waals surface area contributed by atoms with Crippen LogP contribution in [0.4, 0.5) is 4.39 Å². The summed E-state index contributed by atoms with van der Waals surface area (Å²) < 4.78 is 19.3. The van der Waals surface area contributed by atoms with Crippen LogP contribution in [-0.4, -0.2) is 23.4 Å². The van der Waals surface area contributed by atoms with Crippen LogP contribution in [0.1, 0.15) is 42.3 Å². The molecule has 106 valence electrons. The lowest BCUT2D eigenvalue weighted by molar-refractivity contribution is 0.0604. The molecule has 1 saturated heterocycles. The van der Waals surface area contributed by atoms with E-state index < -0.39 is 5.82 Å². The summed E-state index contributed by atoms with van der Waals surface area (Å²) in [5.74, 6) is -0.263. The van der Waals surface area contributed by atoms with Crippen molar-refractivity contribution in [2.24, 2.45) is 0 Å². The zero-order chi connectivity index (χ0) is 14.3. The monoisotopic (exact) mass is 275 g/mol. The van der Waals surface area contributed by atoms with E-state index in [1.165, 1.54) is 6.07 Å². The summed E-state index contributed by atoms with van der Waals surface area (Å²) in [6, 6.07) is 4.99. The third-order valence-corrected chi connectivity index (χ3v) is 4.17. The maximum atomic E-state index is 13.7. The Bertz CT molecular complexity index is 662. The van der Waals surface area contributed by atoms with Crippen LogP contribution in [0.2, 0.25) is 0 Å². The van der Waals surface area contributed by atoms with Gasteiger partial charge in [0.2, 0.25) is 0 Å². The van der Waals surface area contributed by atoms with Crippen LogP contribution in [-0.2, 0) is 0 Å². The second-order valence-corrected chi connectivity index (χ2v) is 5.52. The lowest BCUT2D eigenvalue weighted by Gasteiger charge is -2.32. The lowest BCUT2D eigenvalue weighted by Crippen LogP contribution is -2.42. The summed E-state index contributed by atoms with van der Waals surface area (Å²) >= 11 is 0. The van der Waals surface area contributed by atoms with Gasteiger partial charge in [-0.25, -0.2) is 4.39 Å². The van der Waals surface area contributed by atoms with Crippen molar-refractivity contribution in [1.29, 1.82) is 0 Å². The number of fused-ring (bicyclic) bond motifs is 1. The van der Waals surface area contributed by atoms with Crippen molar-refractivity contribution < 1.29 is 13.6 Å². The third kappa shape index (κ3) is 1.99. The summed E-state index contributed by atoms with van der Waals surface area (Å²) in [7, 11) is 0. The van der Waals surface area contributed by atoms with Crippen LogP contribution < -0.4 is 0 Å². The number of carbonyl (C=O) groups is 1. The molecule has 1 fully saturated rings. The number of hydrogen-bond donors (Lipinski definition) is 0. The molecule has 0 saturated carbocycles. The van der Waals surface area contributed by atoms with Gasteiger partial charge in [0.25, 0.3) is 5.91 Å². The highest BCUT2D eigenvalue weighted by Crippen LogP contribution is 2.29. The van der Waals surface area contributed by atoms with E-state index >= 15 is 0 Å². The Labute approximate surface area is 117 Å². The highest BCUT2D eigenvalue weighted by atomic mass is 19.1. The van der Waals surface area contributed by atoms with Crippen molar-refractivity contribution in [2.75, 3.05) is 6.54 Å². The third-order valence-electron chi connectivity index (χ3n) is 4.17. The minimum absolute atomic E-state index is 0.120. The van der Waals surface area contributed by atoms with Crippen LogP contribution in [0.15, 0.2) is 22.6 Å². The molecule has 20 heavy (non-hydrogen) atoms. The molecule has 1 amide bonds. The number of para-hydroxylation sites is 1. The molecule has 0 spiro atoms. The van der Waals surface area contributed by atoms with Gasteiger partial charge in [-0.15, -0.1) is 0 Å². The molecule has 3 rings (SSSR count). The number of amides is 1. The molecule has 2 aromatic rings. The highest BCUT2D eigenvalue weighted by Gasteiger charge is 2.28. The molecular formula is C16H18FNO2. The zero-order valence-corrected chi connectivity index (χ0v) is 11.8. The number of furan rings is 1. The van der Waals surface area contributed by atoms with Crippen LogP contribution in [0.3, 0.4) is 0 Å². The minimum atomic E-state index is -0.420. The predicted molar refractivity (Wildman–Crippen MR) is 75.3 cm³/mol. The van der Waals surface area contributed by atoms with Gasteiger partial charge in [-0.05, 0) is 39.2 Å². The molecule has 0 aliphatic carbocycles. The standard InChI is InChI=1S/C16H18FNO2/c1-10-6-3-4-9-18(10)16(19)14-11(2)12-7-5-8-13(17)15(12)20-14/h5,7-8,10H,3-4,6,9H2,1-2H3/t10-/m0/s1. The second kappa shape index (κ2) is 4.93. The number of piperidine rings is 1. The molecule has 4 heteroatoms. The van der Waals surface area contributed by atoms with E-state index in [-0.39, 0.29) is 23.3 Å². The SMILES string of the molecule is Cc1c(C(=O)N2CCCC[C@@H]2C)oc2c(F)cccc12. The number of aryl methyl sites for hydroxylation is 1. The quantitative estimate of drug-likeness (QED) is 0.791. The van der Waals surface area contributed by atoms with Gasteiger partial charge >= 0.3 is 0 Å². The van der Waals surface area contributed by atoms with E-state index in [4.69, 9.17) is 4.42 Å². The predicted octanol–water partition coefficient (Wildman–Crippen LogP) is 3.89. The van der Waals surface area contributed by atoms with Gasteiger partial charge in [-0.1, -0.05) is 12.1 Å². The Balaban J connectivity index is 2.03. The van der Waals surface area contributed by atoms with Gasteiger partial charge in [0.05, 0.1) is 0 Å². The molecule has 1 aliphatic heterocycles. The molecule has 1 aromatic carbocycles. The van der Waals surface area contributed by atoms with Crippen molar-refractivity contribution in [3.05, 3.63) is 35.3 Å². The average Bonchev–Trinajstić information content (AvgIpc) is 2.78. The number of rotatable bonds is 1. The van der Waals surface area contributed by atoms with E-state index in [9.17, 15) is 9.18 Å². The van der Waals surface area contributed by atoms with Crippen molar-refractivity contribution in [3.63, 3.8) is 0 Å². The molecule has 1 atom stereocenters. The number of nitrogens with zero attached hydrogens (tertiary/aromatic N) is 1. The van der Waals surface area contributed by atoms with E-state index in [1.54, 1.807) is 12.1 Å². The fourth-order valence-corrected chi connectivity index (χ4v) is 2.94. The smallest absolute Gasteiger partial charge is 0.290 e. The second-order valence-electron chi connectivity index (χ2n) is 5.52. The number of carbonyl (C=O) groups excluding carboxylic acids is 1. The Kier molecular flexibility index (Phi) is 3.24. The summed E-state index contributed by atoms with van der Waals surface area (Å²) in [5.41, 5.74) is 0.903. The number of benzene rings is 1. The average molecular weight is 275 g/mol. The maximum Gasteiger partial charge on any atom is 0.290 e.